The number of fused-ring (bicyclic) bond motifs is 2. The number of carbonyl (C=O) groups is 2. The summed E-state index contributed by atoms with van der Waals surface area (Å²) in [5.41, 5.74) is -0.676. The molecule has 0 aromatic heterocycles. The second kappa shape index (κ2) is 3.75. The number of hydrogen-bond acceptors (Lipinski definition) is 4. The first kappa shape index (κ1) is 11.4. The number of carbonyl (C=O) groups excluding carboxylic acids is 2. The van der Waals surface area contributed by atoms with Gasteiger partial charge in [0.2, 0.25) is 0 Å². The monoisotopic (exact) mass is 226 g/mol. The summed E-state index contributed by atoms with van der Waals surface area (Å²) in [6.45, 7) is 1.85. The molecular weight excluding hydrogens is 208 g/mol. The number of hydrogen-bond donors (Lipinski definition) is 0. The summed E-state index contributed by atoms with van der Waals surface area (Å²) in [7, 11) is 2.76. The lowest BCUT2D eigenvalue weighted by Gasteiger charge is -2.36. The van der Waals surface area contributed by atoms with Crippen molar-refractivity contribution in [1.29, 1.82) is 0 Å². The van der Waals surface area contributed by atoms with Crippen molar-refractivity contribution in [1.82, 2.24) is 0 Å². The van der Waals surface area contributed by atoms with Gasteiger partial charge in [-0.3, -0.25) is 9.59 Å². The summed E-state index contributed by atoms with van der Waals surface area (Å²) >= 11 is 0. The average molecular weight is 226 g/mol. The van der Waals surface area contributed by atoms with Gasteiger partial charge in [0.15, 0.2) is 0 Å². The molecular formula is C12H18O4. The van der Waals surface area contributed by atoms with Gasteiger partial charge in [0.05, 0.1) is 25.6 Å². The van der Waals surface area contributed by atoms with Gasteiger partial charge in [-0.25, -0.2) is 0 Å². The molecule has 2 rings (SSSR count). The molecule has 0 aromatic rings. The standard InChI is InChI=1S/C12H18O4/c1-12(11(14)16-3)8-5-4-7(6-8)9(12)10(13)15-2/h7-9H,4-6H2,1-3H3/t7-,8+,9+,12-/m1/s1. The zero-order valence-corrected chi connectivity index (χ0v) is 9.99. The predicted octanol–water partition coefficient (Wildman–Crippen LogP) is 1.38. The molecule has 0 aromatic carbocycles. The molecule has 0 saturated heterocycles. The Labute approximate surface area is 95.3 Å². The second-order valence-corrected chi connectivity index (χ2v) is 5.05. The minimum absolute atomic E-state index is 0.264. The van der Waals surface area contributed by atoms with E-state index >= 15 is 0 Å². The number of ether oxygens (including phenoxy) is 2. The molecule has 2 aliphatic carbocycles. The van der Waals surface area contributed by atoms with Crippen LogP contribution in [0.15, 0.2) is 0 Å². The van der Waals surface area contributed by atoms with E-state index in [1.165, 1.54) is 14.2 Å². The Bertz CT molecular complexity index is 325. The van der Waals surface area contributed by atoms with E-state index in [9.17, 15) is 9.59 Å². The fraction of sp³-hybridized carbons (Fsp3) is 0.833. The third-order valence-corrected chi connectivity index (χ3v) is 4.52. The molecule has 16 heavy (non-hydrogen) atoms. The fourth-order valence-electron chi connectivity index (χ4n) is 3.69. The van der Waals surface area contributed by atoms with E-state index in [0.717, 1.165) is 19.3 Å². The molecule has 0 N–H and O–H groups in total. The van der Waals surface area contributed by atoms with Gasteiger partial charge in [0.1, 0.15) is 0 Å². The lowest BCUT2D eigenvalue weighted by molar-refractivity contribution is -0.169. The summed E-state index contributed by atoms with van der Waals surface area (Å²) < 4.78 is 9.70. The van der Waals surface area contributed by atoms with Crippen molar-refractivity contribution in [2.45, 2.75) is 26.2 Å². The molecule has 0 amide bonds. The van der Waals surface area contributed by atoms with Crippen molar-refractivity contribution in [3.05, 3.63) is 0 Å². The maximum atomic E-state index is 11.9. The van der Waals surface area contributed by atoms with Gasteiger partial charge in [-0.2, -0.15) is 0 Å². The highest BCUT2D eigenvalue weighted by Gasteiger charge is 2.63. The summed E-state index contributed by atoms with van der Waals surface area (Å²) in [6, 6.07) is 0. The van der Waals surface area contributed by atoms with Gasteiger partial charge in [0, 0.05) is 0 Å². The van der Waals surface area contributed by atoms with Crippen molar-refractivity contribution < 1.29 is 19.1 Å². The van der Waals surface area contributed by atoms with Crippen LogP contribution >= 0.6 is 0 Å². The van der Waals surface area contributed by atoms with E-state index in [4.69, 9.17) is 9.47 Å². The van der Waals surface area contributed by atoms with Gasteiger partial charge in [-0.15, -0.1) is 0 Å². The van der Waals surface area contributed by atoms with Gasteiger partial charge in [0.25, 0.3) is 0 Å². The van der Waals surface area contributed by atoms with Crippen molar-refractivity contribution in [2.75, 3.05) is 14.2 Å². The number of esters is 2. The van der Waals surface area contributed by atoms with E-state index in [-0.39, 0.29) is 23.8 Å². The molecule has 0 unspecified atom stereocenters. The Morgan fingerprint density at radius 2 is 1.88 bits per heavy atom. The first-order valence-electron chi connectivity index (χ1n) is 5.72. The Morgan fingerprint density at radius 3 is 2.44 bits per heavy atom. The van der Waals surface area contributed by atoms with Crippen LogP contribution in [0.1, 0.15) is 26.2 Å². The van der Waals surface area contributed by atoms with E-state index in [2.05, 4.69) is 0 Å². The van der Waals surface area contributed by atoms with E-state index < -0.39 is 5.41 Å². The summed E-state index contributed by atoms with van der Waals surface area (Å²) in [6.07, 6.45) is 2.99. The van der Waals surface area contributed by atoms with Gasteiger partial charge in [-0.1, -0.05) is 0 Å². The summed E-state index contributed by atoms with van der Waals surface area (Å²) in [4.78, 5) is 23.7. The quantitative estimate of drug-likeness (QED) is 0.667. The second-order valence-electron chi connectivity index (χ2n) is 5.05. The van der Waals surface area contributed by atoms with Crippen molar-refractivity contribution in [2.24, 2.45) is 23.2 Å². The maximum absolute atomic E-state index is 11.9. The minimum atomic E-state index is -0.676. The first-order chi connectivity index (χ1) is 7.55. The highest BCUT2D eigenvalue weighted by Crippen LogP contribution is 2.60. The van der Waals surface area contributed by atoms with Crippen LogP contribution < -0.4 is 0 Å². The molecule has 0 heterocycles. The van der Waals surface area contributed by atoms with Crippen LogP contribution in [-0.2, 0) is 19.1 Å². The fourth-order valence-corrected chi connectivity index (χ4v) is 3.69. The number of rotatable bonds is 2. The minimum Gasteiger partial charge on any atom is -0.469 e. The molecule has 0 spiro atoms. The molecule has 0 aliphatic heterocycles. The Morgan fingerprint density at radius 1 is 1.19 bits per heavy atom. The third kappa shape index (κ3) is 1.28. The largest absolute Gasteiger partial charge is 0.469 e. The lowest BCUT2D eigenvalue weighted by atomic mass is 9.67. The molecule has 2 fully saturated rings. The van der Waals surface area contributed by atoms with E-state index in [1.807, 2.05) is 6.92 Å². The Hall–Kier alpha value is -1.06. The Kier molecular flexibility index (Phi) is 2.68. The zero-order chi connectivity index (χ0) is 11.9. The van der Waals surface area contributed by atoms with Crippen molar-refractivity contribution in [3.63, 3.8) is 0 Å². The molecule has 2 aliphatic rings. The topological polar surface area (TPSA) is 52.6 Å². The molecule has 0 radical (unpaired) electrons. The van der Waals surface area contributed by atoms with Crippen LogP contribution in [0.4, 0.5) is 0 Å². The van der Waals surface area contributed by atoms with Crippen LogP contribution in [0.5, 0.6) is 0 Å². The van der Waals surface area contributed by atoms with Gasteiger partial charge < -0.3 is 9.47 Å². The zero-order valence-electron chi connectivity index (χ0n) is 9.99. The van der Waals surface area contributed by atoms with Crippen LogP contribution in [-0.4, -0.2) is 26.2 Å². The smallest absolute Gasteiger partial charge is 0.312 e. The SMILES string of the molecule is COC(=O)[C@@H]1[C@@H]2CC[C@@H](C2)[C@@]1(C)C(=O)OC. The highest BCUT2D eigenvalue weighted by atomic mass is 16.5. The maximum Gasteiger partial charge on any atom is 0.312 e. The summed E-state index contributed by atoms with van der Waals surface area (Å²) in [5.74, 6) is -0.283. The molecule has 2 bridgehead atoms. The van der Waals surface area contributed by atoms with Crippen LogP contribution in [0.3, 0.4) is 0 Å². The Balaban J connectivity index is 2.34. The lowest BCUT2D eigenvalue weighted by Crippen LogP contribution is -2.45. The first-order valence-corrected chi connectivity index (χ1v) is 5.72. The number of methoxy groups -OCH3 is 2. The van der Waals surface area contributed by atoms with Crippen LogP contribution in [0, 0.1) is 23.2 Å². The molecule has 4 heteroatoms. The van der Waals surface area contributed by atoms with Crippen molar-refractivity contribution in [3.8, 4) is 0 Å². The van der Waals surface area contributed by atoms with Gasteiger partial charge >= 0.3 is 11.9 Å². The van der Waals surface area contributed by atoms with E-state index in [0.29, 0.717) is 5.92 Å². The third-order valence-electron chi connectivity index (χ3n) is 4.52. The molecule has 2 saturated carbocycles. The molecule has 90 valence electrons. The molecule has 4 atom stereocenters. The highest BCUT2D eigenvalue weighted by molar-refractivity contribution is 5.86. The predicted molar refractivity (Wildman–Crippen MR) is 56.5 cm³/mol. The van der Waals surface area contributed by atoms with Crippen LogP contribution in [0.2, 0.25) is 0 Å². The average Bonchev–Trinajstić information content (AvgIpc) is 2.86. The van der Waals surface area contributed by atoms with Crippen molar-refractivity contribution >= 4 is 11.9 Å². The summed E-state index contributed by atoms with van der Waals surface area (Å²) in [5, 5.41) is 0. The normalized spacial score (nSPS) is 40.8. The van der Waals surface area contributed by atoms with E-state index in [1.54, 1.807) is 0 Å². The molecule has 4 nitrogen and oxygen atoms in total. The van der Waals surface area contributed by atoms with Gasteiger partial charge in [-0.05, 0) is 38.0 Å². The van der Waals surface area contributed by atoms with Crippen LogP contribution in [0.25, 0.3) is 0 Å².